The topological polar surface area (TPSA) is 57.1 Å². The number of halogens is 3. The summed E-state index contributed by atoms with van der Waals surface area (Å²) in [6.07, 6.45) is 1.59. The second-order valence-electron chi connectivity index (χ2n) is 7.00. The molecule has 3 aromatic carbocycles. The molecule has 168 valence electrons. The van der Waals surface area contributed by atoms with Crippen LogP contribution in [-0.4, -0.2) is 18.5 Å². The SMILES string of the molecule is CCOc1cc(/C=C2\N=C(c3ccccc3Cl)OC2=O)cc(Cl)c1OCc1cccc(I)c1. The summed E-state index contributed by atoms with van der Waals surface area (Å²) in [6, 6.07) is 18.5. The van der Waals surface area contributed by atoms with Crippen LogP contribution in [0, 0.1) is 3.57 Å². The van der Waals surface area contributed by atoms with E-state index in [4.69, 9.17) is 37.4 Å². The summed E-state index contributed by atoms with van der Waals surface area (Å²) < 4.78 is 18.2. The quantitative estimate of drug-likeness (QED) is 0.169. The first-order valence-electron chi connectivity index (χ1n) is 10.1. The van der Waals surface area contributed by atoms with Gasteiger partial charge in [-0.2, -0.15) is 0 Å². The van der Waals surface area contributed by atoms with E-state index < -0.39 is 5.97 Å². The van der Waals surface area contributed by atoms with Crippen molar-refractivity contribution in [3.05, 3.63) is 96.7 Å². The fraction of sp³-hybridized carbons (Fsp3) is 0.120. The lowest BCUT2D eigenvalue weighted by molar-refractivity contribution is -0.129. The highest BCUT2D eigenvalue weighted by atomic mass is 127. The van der Waals surface area contributed by atoms with Gasteiger partial charge in [-0.3, -0.25) is 0 Å². The molecule has 0 atom stereocenters. The zero-order valence-electron chi connectivity index (χ0n) is 17.5. The van der Waals surface area contributed by atoms with E-state index in [1.165, 1.54) is 0 Å². The second kappa shape index (κ2) is 10.6. The van der Waals surface area contributed by atoms with E-state index in [2.05, 4.69) is 27.6 Å². The minimum atomic E-state index is -0.571. The second-order valence-corrected chi connectivity index (χ2v) is 9.06. The first-order chi connectivity index (χ1) is 15.9. The van der Waals surface area contributed by atoms with Crippen LogP contribution in [0.2, 0.25) is 10.0 Å². The summed E-state index contributed by atoms with van der Waals surface area (Å²) in [5.74, 6) is 0.501. The number of nitrogens with zero attached hydrogens (tertiary/aromatic N) is 1. The summed E-state index contributed by atoms with van der Waals surface area (Å²) in [7, 11) is 0. The van der Waals surface area contributed by atoms with Gasteiger partial charge in [0, 0.05) is 3.57 Å². The Morgan fingerprint density at radius 2 is 1.85 bits per heavy atom. The molecule has 0 spiro atoms. The number of benzene rings is 3. The standard InChI is InChI=1S/C25H18Cl2INO4/c1-2-31-22-13-16(11-20(27)23(22)32-14-15-6-5-7-17(28)10-15)12-21-25(30)33-24(29-21)18-8-3-4-9-19(18)26/h3-13H,2,14H2,1H3/b21-12-. The molecule has 0 saturated carbocycles. The molecule has 33 heavy (non-hydrogen) atoms. The average molecular weight is 594 g/mol. The molecular weight excluding hydrogens is 576 g/mol. The molecule has 1 aliphatic heterocycles. The third kappa shape index (κ3) is 5.69. The van der Waals surface area contributed by atoms with Crippen LogP contribution in [0.4, 0.5) is 0 Å². The lowest BCUT2D eigenvalue weighted by atomic mass is 10.1. The van der Waals surface area contributed by atoms with Crippen LogP contribution in [0.1, 0.15) is 23.6 Å². The molecular formula is C25H18Cl2INO4. The van der Waals surface area contributed by atoms with E-state index >= 15 is 0 Å². The van der Waals surface area contributed by atoms with E-state index in [9.17, 15) is 4.79 Å². The predicted molar refractivity (Wildman–Crippen MR) is 138 cm³/mol. The van der Waals surface area contributed by atoms with E-state index in [-0.39, 0.29) is 11.6 Å². The van der Waals surface area contributed by atoms with Crippen molar-refractivity contribution in [2.24, 2.45) is 4.99 Å². The van der Waals surface area contributed by atoms with Gasteiger partial charge in [-0.25, -0.2) is 9.79 Å². The smallest absolute Gasteiger partial charge is 0.363 e. The van der Waals surface area contributed by atoms with Crippen molar-refractivity contribution < 1.29 is 19.0 Å². The van der Waals surface area contributed by atoms with Crippen molar-refractivity contribution in [1.29, 1.82) is 0 Å². The highest BCUT2D eigenvalue weighted by molar-refractivity contribution is 14.1. The molecule has 4 rings (SSSR count). The largest absolute Gasteiger partial charge is 0.490 e. The third-order valence-electron chi connectivity index (χ3n) is 4.63. The van der Waals surface area contributed by atoms with Gasteiger partial charge in [0.15, 0.2) is 17.2 Å². The first kappa shape index (κ1) is 23.6. The number of ether oxygens (including phenoxy) is 3. The molecule has 1 heterocycles. The molecule has 0 aliphatic carbocycles. The van der Waals surface area contributed by atoms with Crippen molar-refractivity contribution in [3.8, 4) is 11.5 Å². The Hall–Kier alpha value is -2.55. The number of hydrogen-bond acceptors (Lipinski definition) is 5. The molecule has 1 aliphatic rings. The molecule has 0 bridgehead atoms. The van der Waals surface area contributed by atoms with Crippen molar-refractivity contribution in [2.75, 3.05) is 6.61 Å². The molecule has 3 aromatic rings. The summed E-state index contributed by atoms with van der Waals surface area (Å²) in [5, 5.41) is 0.807. The van der Waals surface area contributed by atoms with Crippen molar-refractivity contribution in [3.63, 3.8) is 0 Å². The Labute approximate surface area is 215 Å². The van der Waals surface area contributed by atoms with Crippen LogP contribution in [0.5, 0.6) is 11.5 Å². The van der Waals surface area contributed by atoms with Crippen LogP contribution < -0.4 is 9.47 Å². The maximum absolute atomic E-state index is 12.4. The van der Waals surface area contributed by atoms with Gasteiger partial charge >= 0.3 is 5.97 Å². The average Bonchev–Trinajstić information content (AvgIpc) is 3.13. The molecule has 5 nitrogen and oxygen atoms in total. The summed E-state index contributed by atoms with van der Waals surface area (Å²) in [6.45, 7) is 2.64. The summed E-state index contributed by atoms with van der Waals surface area (Å²) in [4.78, 5) is 16.7. The Morgan fingerprint density at radius 3 is 2.61 bits per heavy atom. The van der Waals surface area contributed by atoms with Gasteiger partial charge in [0.25, 0.3) is 0 Å². The zero-order valence-corrected chi connectivity index (χ0v) is 21.1. The Balaban J connectivity index is 1.62. The fourth-order valence-corrected chi connectivity index (χ4v) is 4.27. The maximum atomic E-state index is 12.4. The molecule has 0 radical (unpaired) electrons. The highest BCUT2D eigenvalue weighted by Gasteiger charge is 2.26. The number of carbonyl (C=O) groups is 1. The minimum Gasteiger partial charge on any atom is -0.490 e. The van der Waals surface area contributed by atoms with Crippen molar-refractivity contribution in [1.82, 2.24) is 0 Å². The Kier molecular flexibility index (Phi) is 7.57. The van der Waals surface area contributed by atoms with Crippen molar-refractivity contribution in [2.45, 2.75) is 13.5 Å². The molecule has 0 saturated heterocycles. The molecule has 8 heteroatoms. The number of carbonyl (C=O) groups excluding carboxylic acids is 1. The molecule has 0 amide bonds. The Bertz CT molecular complexity index is 1270. The maximum Gasteiger partial charge on any atom is 0.363 e. The van der Waals surface area contributed by atoms with Gasteiger partial charge in [0.05, 0.1) is 22.2 Å². The van der Waals surface area contributed by atoms with E-state index in [1.807, 2.05) is 31.2 Å². The van der Waals surface area contributed by atoms with Gasteiger partial charge in [0.2, 0.25) is 5.90 Å². The van der Waals surface area contributed by atoms with E-state index in [1.54, 1.807) is 42.5 Å². The molecule has 0 fully saturated rings. The Morgan fingerprint density at radius 1 is 1.03 bits per heavy atom. The van der Waals surface area contributed by atoms with Crippen LogP contribution in [-0.2, 0) is 16.1 Å². The van der Waals surface area contributed by atoms with E-state index in [0.717, 1.165) is 9.13 Å². The lowest BCUT2D eigenvalue weighted by Gasteiger charge is -2.15. The highest BCUT2D eigenvalue weighted by Crippen LogP contribution is 2.38. The van der Waals surface area contributed by atoms with E-state index in [0.29, 0.717) is 45.9 Å². The lowest BCUT2D eigenvalue weighted by Crippen LogP contribution is -2.05. The molecule has 0 aromatic heterocycles. The van der Waals surface area contributed by atoms with Gasteiger partial charge < -0.3 is 14.2 Å². The van der Waals surface area contributed by atoms with Gasteiger partial charge in [-0.1, -0.05) is 47.5 Å². The zero-order chi connectivity index (χ0) is 23.4. The molecule has 0 unspecified atom stereocenters. The van der Waals surface area contributed by atoms with Crippen LogP contribution >= 0.6 is 45.8 Å². The number of rotatable bonds is 7. The number of hydrogen-bond donors (Lipinski definition) is 0. The van der Waals surface area contributed by atoms with Crippen molar-refractivity contribution >= 4 is 63.7 Å². The number of esters is 1. The predicted octanol–water partition coefficient (Wildman–Crippen LogP) is 6.92. The van der Waals surface area contributed by atoms with Crippen LogP contribution in [0.25, 0.3) is 6.08 Å². The third-order valence-corrected chi connectivity index (χ3v) is 5.91. The number of cyclic esters (lactones) is 1. The summed E-state index contributed by atoms with van der Waals surface area (Å²) in [5.41, 5.74) is 2.32. The van der Waals surface area contributed by atoms with Crippen LogP contribution in [0.3, 0.4) is 0 Å². The molecule has 0 N–H and O–H groups in total. The van der Waals surface area contributed by atoms with Crippen LogP contribution in [0.15, 0.2) is 71.4 Å². The van der Waals surface area contributed by atoms with Gasteiger partial charge in [-0.15, -0.1) is 0 Å². The summed E-state index contributed by atoms with van der Waals surface area (Å²) >= 11 is 15.0. The fourth-order valence-electron chi connectivity index (χ4n) is 3.17. The normalized spacial score (nSPS) is 14.2. The number of aliphatic imine (C=N–C) groups is 1. The van der Waals surface area contributed by atoms with Gasteiger partial charge in [-0.05, 0) is 83.1 Å². The first-order valence-corrected chi connectivity index (χ1v) is 11.9. The minimum absolute atomic E-state index is 0.135. The van der Waals surface area contributed by atoms with Gasteiger partial charge in [0.1, 0.15) is 6.61 Å². The monoisotopic (exact) mass is 593 g/mol.